The van der Waals surface area contributed by atoms with Gasteiger partial charge in [0.25, 0.3) is 5.69 Å². The van der Waals surface area contributed by atoms with Gasteiger partial charge in [0.15, 0.2) is 0 Å². The van der Waals surface area contributed by atoms with E-state index in [9.17, 15) is 24.2 Å². The molecule has 0 aliphatic carbocycles. The summed E-state index contributed by atoms with van der Waals surface area (Å²) in [4.78, 5) is 23.4. The lowest BCUT2D eigenvalue weighted by Gasteiger charge is -2.44. The van der Waals surface area contributed by atoms with Gasteiger partial charge in [-0.1, -0.05) is 0 Å². The molecule has 1 aromatic carbocycles. The molecular formula is C23H21F2N9O2S. The number of nitrogens with zero attached hydrogens (tertiary/aromatic N) is 8. The Morgan fingerprint density at radius 1 is 1.32 bits per heavy atom. The second kappa shape index (κ2) is 9.02. The molecule has 14 heteroatoms. The summed E-state index contributed by atoms with van der Waals surface area (Å²) in [6.07, 6.45) is 1.44. The van der Waals surface area contributed by atoms with Crippen molar-refractivity contribution >= 4 is 44.6 Å². The first-order chi connectivity index (χ1) is 17.6. The molecule has 11 nitrogen and oxygen atoms in total. The number of thiophene rings is 1. The van der Waals surface area contributed by atoms with Gasteiger partial charge in [0.1, 0.15) is 17.5 Å². The van der Waals surface area contributed by atoms with Gasteiger partial charge >= 0.3 is 5.92 Å². The Hall–Kier alpha value is -4.22. The maximum Gasteiger partial charge on any atom is 0.359 e. The van der Waals surface area contributed by atoms with E-state index in [1.807, 2.05) is 30.4 Å². The van der Waals surface area contributed by atoms with Crippen molar-refractivity contribution in [3.05, 3.63) is 51.5 Å². The van der Waals surface area contributed by atoms with Crippen LogP contribution < -0.4 is 10.2 Å². The summed E-state index contributed by atoms with van der Waals surface area (Å²) in [5, 5.41) is 30.2. The third kappa shape index (κ3) is 4.32. The molecule has 0 bridgehead atoms. The van der Waals surface area contributed by atoms with Crippen molar-refractivity contribution in [1.82, 2.24) is 24.6 Å². The minimum atomic E-state index is -3.92. The number of alkyl halides is 2. The molecule has 3 aromatic heterocycles. The van der Waals surface area contributed by atoms with Gasteiger partial charge in [-0.2, -0.15) is 19.1 Å². The predicted octanol–water partition coefficient (Wildman–Crippen LogP) is 4.11. The van der Waals surface area contributed by atoms with E-state index in [4.69, 9.17) is 0 Å². The monoisotopic (exact) mass is 525 g/mol. The van der Waals surface area contributed by atoms with Gasteiger partial charge in [-0.25, -0.2) is 9.97 Å². The van der Waals surface area contributed by atoms with E-state index in [0.29, 0.717) is 24.5 Å². The molecule has 190 valence electrons. The predicted molar refractivity (Wildman–Crippen MR) is 135 cm³/mol. The van der Waals surface area contributed by atoms with Crippen molar-refractivity contribution in [3.63, 3.8) is 0 Å². The van der Waals surface area contributed by atoms with E-state index >= 15 is 0 Å². The van der Waals surface area contributed by atoms with Gasteiger partial charge in [0, 0.05) is 38.4 Å². The van der Waals surface area contributed by atoms with Gasteiger partial charge in [0.2, 0.25) is 5.95 Å². The number of rotatable bonds is 7. The molecule has 0 radical (unpaired) electrons. The number of aryl methyl sites for hydroxylation is 1. The summed E-state index contributed by atoms with van der Waals surface area (Å²) in [5.41, 5.74) is 0.594. The summed E-state index contributed by atoms with van der Waals surface area (Å²) in [6.45, 7) is 0.870. The molecule has 0 saturated carbocycles. The standard InChI is InChI=1S/C23H21F2N9O2S/c1-31(2)13-10-33(11-13)18-8-14(23(24,25)12-26)16(9-19(18)34(35)36)29-22-27-6-4-15(28-22)20-21-17(5-7-37-21)32(3)30-20/h4-9,13H,10-11H2,1-3H3,(H,27,28,29). The number of likely N-dealkylation sites (N-methyl/N-ethyl adjacent to an activating group) is 1. The zero-order valence-corrected chi connectivity index (χ0v) is 20.8. The van der Waals surface area contributed by atoms with E-state index < -0.39 is 16.4 Å². The normalized spacial score (nSPS) is 14.1. The summed E-state index contributed by atoms with van der Waals surface area (Å²) < 4.78 is 32.2. The molecule has 1 N–H and O–H groups in total. The van der Waals surface area contributed by atoms with Crippen molar-refractivity contribution in [2.75, 3.05) is 37.4 Å². The Labute approximate surface area is 213 Å². The van der Waals surface area contributed by atoms with Crippen molar-refractivity contribution < 1.29 is 13.7 Å². The van der Waals surface area contributed by atoms with Crippen LogP contribution in [-0.2, 0) is 13.0 Å². The fourth-order valence-electron chi connectivity index (χ4n) is 4.20. The van der Waals surface area contributed by atoms with E-state index in [-0.39, 0.29) is 29.1 Å². The number of nitro benzene ring substituents is 1. The first-order valence-electron chi connectivity index (χ1n) is 11.1. The Kier molecular flexibility index (Phi) is 5.97. The lowest BCUT2D eigenvalue weighted by Crippen LogP contribution is -2.57. The van der Waals surface area contributed by atoms with Gasteiger partial charge < -0.3 is 15.1 Å². The highest BCUT2D eigenvalue weighted by Crippen LogP contribution is 2.43. The maximum atomic E-state index is 14.8. The number of fused-ring (bicyclic) bond motifs is 1. The minimum Gasteiger partial charge on any atom is -0.363 e. The Morgan fingerprint density at radius 3 is 2.76 bits per heavy atom. The molecule has 0 atom stereocenters. The Morgan fingerprint density at radius 2 is 2.08 bits per heavy atom. The van der Waals surface area contributed by atoms with E-state index in [1.165, 1.54) is 17.5 Å². The Balaban J connectivity index is 1.56. The van der Waals surface area contributed by atoms with E-state index in [1.54, 1.807) is 22.7 Å². The number of aromatic nitrogens is 4. The lowest BCUT2D eigenvalue weighted by atomic mass is 10.0. The van der Waals surface area contributed by atoms with E-state index in [0.717, 1.165) is 28.4 Å². The zero-order valence-electron chi connectivity index (χ0n) is 20.0. The van der Waals surface area contributed by atoms with Crippen molar-refractivity contribution in [2.24, 2.45) is 7.05 Å². The van der Waals surface area contributed by atoms with Gasteiger partial charge in [-0.05, 0) is 37.7 Å². The largest absolute Gasteiger partial charge is 0.363 e. The van der Waals surface area contributed by atoms with Crippen molar-refractivity contribution in [3.8, 4) is 17.5 Å². The SMILES string of the molecule is CN(C)C1CN(c2cc(C(F)(F)C#N)c(Nc3nccc(-c4nn(C)c5ccsc45)n3)cc2[N+](=O)[O-])C1. The van der Waals surface area contributed by atoms with Crippen LogP contribution in [0.3, 0.4) is 0 Å². The van der Waals surface area contributed by atoms with Crippen LogP contribution in [0.2, 0.25) is 0 Å². The van der Waals surface area contributed by atoms with Gasteiger partial charge in [0.05, 0.1) is 32.1 Å². The van der Waals surface area contributed by atoms with Crippen LogP contribution in [0.4, 0.5) is 31.8 Å². The fraction of sp³-hybridized carbons (Fsp3) is 0.304. The molecule has 37 heavy (non-hydrogen) atoms. The number of halogens is 2. The molecule has 4 heterocycles. The third-order valence-corrected chi connectivity index (χ3v) is 7.24. The van der Waals surface area contributed by atoms with Crippen LogP contribution in [0.5, 0.6) is 0 Å². The molecule has 0 unspecified atom stereocenters. The van der Waals surface area contributed by atoms with Crippen LogP contribution in [0, 0.1) is 21.4 Å². The summed E-state index contributed by atoms with van der Waals surface area (Å²) >= 11 is 1.49. The molecule has 1 aliphatic rings. The molecule has 1 saturated heterocycles. The number of nitrogens with one attached hydrogen (secondary N) is 1. The molecule has 0 spiro atoms. The fourth-order valence-corrected chi connectivity index (χ4v) is 5.11. The number of anilines is 3. The molecule has 5 rings (SSSR count). The zero-order chi connectivity index (χ0) is 26.5. The highest BCUT2D eigenvalue weighted by atomic mass is 32.1. The van der Waals surface area contributed by atoms with Crippen molar-refractivity contribution in [2.45, 2.75) is 12.0 Å². The number of nitriles is 1. The molecule has 1 fully saturated rings. The van der Waals surface area contributed by atoms with E-state index in [2.05, 4.69) is 20.4 Å². The smallest absolute Gasteiger partial charge is 0.359 e. The maximum absolute atomic E-state index is 14.8. The Bertz CT molecular complexity index is 1550. The molecule has 4 aromatic rings. The quantitative estimate of drug-likeness (QED) is 0.280. The minimum absolute atomic E-state index is 0.0295. The molecule has 0 amide bonds. The average Bonchev–Trinajstić information content (AvgIpc) is 3.42. The topological polar surface area (TPSA) is 129 Å². The van der Waals surface area contributed by atoms with Crippen molar-refractivity contribution in [1.29, 1.82) is 5.26 Å². The van der Waals surface area contributed by atoms with Gasteiger partial charge in [-0.3, -0.25) is 14.8 Å². The first kappa shape index (κ1) is 24.5. The van der Waals surface area contributed by atoms with Crippen LogP contribution in [0.15, 0.2) is 35.8 Å². The molecule has 1 aliphatic heterocycles. The highest BCUT2D eigenvalue weighted by molar-refractivity contribution is 7.17. The first-order valence-corrected chi connectivity index (χ1v) is 12.0. The lowest BCUT2D eigenvalue weighted by molar-refractivity contribution is -0.384. The van der Waals surface area contributed by atoms with Crippen LogP contribution in [0.25, 0.3) is 21.6 Å². The number of hydrogen-bond acceptors (Lipinski definition) is 10. The molecular weight excluding hydrogens is 504 g/mol. The second-order valence-corrected chi connectivity index (χ2v) is 9.77. The highest BCUT2D eigenvalue weighted by Gasteiger charge is 2.40. The van der Waals surface area contributed by atoms with Crippen LogP contribution in [-0.4, -0.2) is 62.8 Å². The van der Waals surface area contributed by atoms with Crippen LogP contribution in [0.1, 0.15) is 5.56 Å². The summed E-state index contributed by atoms with van der Waals surface area (Å²) in [6, 6.07) is 6.70. The summed E-state index contributed by atoms with van der Waals surface area (Å²) in [5.74, 6) is -3.98. The van der Waals surface area contributed by atoms with Gasteiger partial charge in [-0.15, -0.1) is 11.3 Å². The second-order valence-electron chi connectivity index (χ2n) is 8.85. The van der Waals surface area contributed by atoms with Crippen LogP contribution >= 0.6 is 11.3 Å². The summed E-state index contributed by atoms with van der Waals surface area (Å²) in [7, 11) is 5.55. The number of nitro groups is 1. The third-order valence-electron chi connectivity index (χ3n) is 6.33. The number of hydrogen-bond donors (Lipinski definition) is 1. The number of benzene rings is 1. The average molecular weight is 526 g/mol.